The van der Waals surface area contributed by atoms with Crippen molar-refractivity contribution in [3.8, 4) is 0 Å². The number of carbonyl (C=O) groups is 2. The van der Waals surface area contributed by atoms with Gasteiger partial charge in [0.15, 0.2) is 5.11 Å². The second-order valence-corrected chi connectivity index (χ2v) is 5.32. The van der Waals surface area contributed by atoms with E-state index in [1.807, 2.05) is 30.3 Å². The van der Waals surface area contributed by atoms with Crippen LogP contribution >= 0.6 is 12.2 Å². The maximum Gasteiger partial charge on any atom is 0.317 e. The Hall–Kier alpha value is -2.21. The molecule has 0 aromatic heterocycles. The summed E-state index contributed by atoms with van der Waals surface area (Å²) in [5, 5.41) is 3.11. The fourth-order valence-electron chi connectivity index (χ4n) is 2.57. The number of nitrogens with zero attached hydrogens (tertiary/aromatic N) is 1. The summed E-state index contributed by atoms with van der Waals surface area (Å²) < 4.78 is 4.89. The first-order chi connectivity index (χ1) is 10.5. The standard InChI is InChI=1S/C16H18N2O3S/c1-4-12(19)18-14(11-8-6-5-7-9-11)13(15(20)21-3)10(2)17-16(18)22/h5-9,13-14H,2,4H2,1,3H3,(H,17,22). The van der Waals surface area contributed by atoms with Crippen LogP contribution in [0.15, 0.2) is 42.6 Å². The topological polar surface area (TPSA) is 58.6 Å². The molecular weight excluding hydrogens is 300 g/mol. The summed E-state index contributed by atoms with van der Waals surface area (Å²) >= 11 is 5.28. The van der Waals surface area contributed by atoms with Crippen LogP contribution < -0.4 is 5.32 Å². The maximum atomic E-state index is 12.3. The van der Waals surface area contributed by atoms with Crippen LogP contribution in [0.25, 0.3) is 0 Å². The van der Waals surface area contributed by atoms with Crippen LogP contribution in [-0.4, -0.2) is 29.0 Å². The summed E-state index contributed by atoms with van der Waals surface area (Å²) in [5.41, 5.74) is 1.25. The van der Waals surface area contributed by atoms with Crippen LogP contribution in [-0.2, 0) is 14.3 Å². The zero-order chi connectivity index (χ0) is 16.3. The molecule has 2 rings (SSSR count). The van der Waals surface area contributed by atoms with Crippen molar-refractivity contribution in [1.82, 2.24) is 10.2 Å². The molecule has 0 spiro atoms. The fraction of sp³-hybridized carbons (Fsp3) is 0.312. The minimum absolute atomic E-state index is 0.159. The van der Waals surface area contributed by atoms with Crippen molar-refractivity contribution in [2.24, 2.45) is 5.92 Å². The molecule has 1 amide bonds. The Balaban J connectivity index is 2.56. The number of rotatable bonds is 3. The summed E-state index contributed by atoms with van der Waals surface area (Å²) in [6, 6.07) is 8.74. The fourth-order valence-corrected chi connectivity index (χ4v) is 2.92. The Bertz CT molecular complexity index is 581. The lowest BCUT2D eigenvalue weighted by atomic mass is 9.87. The lowest BCUT2D eigenvalue weighted by Crippen LogP contribution is -2.55. The number of thiocarbonyl (C=S) groups is 1. The average molecular weight is 318 g/mol. The quantitative estimate of drug-likeness (QED) is 0.683. The third kappa shape index (κ3) is 2.87. The lowest BCUT2D eigenvalue weighted by molar-refractivity contribution is -0.147. The van der Waals surface area contributed by atoms with Crippen molar-refractivity contribution in [2.45, 2.75) is 19.4 Å². The molecule has 2 atom stereocenters. The van der Waals surface area contributed by atoms with Crippen LogP contribution in [0.4, 0.5) is 0 Å². The van der Waals surface area contributed by atoms with Gasteiger partial charge in [-0.2, -0.15) is 0 Å². The Morgan fingerprint density at radius 1 is 1.36 bits per heavy atom. The molecule has 0 saturated carbocycles. The Kier molecular flexibility index (Phi) is 4.92. The van der Waals surface area contributed by atoms with Gasteiger partial charge in [-0.3, -0.25) is 14.5 Å². The average Bonchev–Trinajstić information content (AvgIpc) is 2.53. The van der Waals surface area contributed by atoms with E-state index in [2.05, 4.69) is 11.9 Å². The van der Waals surface area contributed by atoms with Gasteiger partial charge in [-0.1, -0.05) is 43.8 Å². The number of benzene rings is 1. The number of nitrogens with one attached hydrogen (secondary N) is 1. The highest BCUT2D eigenvalue weighted by Crippen LogP contribution is 2.37. The molecule has 1 heterocycles. The first-order valence-corrected chi connectivity index (χ1v) is 7.36. The van der Waals surface area contributed by atoms with E-state index in [0.29, 0.717) is 5.70 Å². The number of hydrogen-bond donors (Lipinski definition) is 1. The van der Waals surface area contributed by atoms with Crippen molar-refractivity contribution in [1.29, 1.82) is 0 Å². The zero-order valence-electron chi connectivity index (χ0n) is 12.5. The van der Waals surface area contributed by atoms with Crippen molar-refractivity contribution >= 4 is 29.2 Å². The van der Waals surface area contributed by atoms with Gasteiger partial charge in [0.25, 0.3) is 0 Å². The zero-order valence-corrected chi connectivity index (χ0v) is 13.4. The summed E-state index contributed by atoms with van der Waals surface area (Å²) in [7, 11) is 1.32. The van der Waals surface area contributed by atoms with Crippen molar-refractivity contribution in [3.63, 3.8) is 0 Å². The van der Waals surface area contributed by atoms with Gasteiger partial charge >= 0.3 is 5.97 Å². The van der Waals surface area contributed by atoms with Crippen LogP contribution in [0.3, 0.4) is 0 Å². The smallest absolute Gasteiger partial charge is 0.317 e. The molecular formula is C16H18N2O3S. The van der Waals surface area contributed by atoms with Crippen molar-refractivity contribution < 1.29 is 14.3 Å². The summed E-state index contributed by atoms with van der Waals surface area (Å²) in [6.07, 6.45) is 0.283. The van der Waals surface area contributed by atoms with Crippen LogP contribution in [0, 0.1) is 5.92 Å². The van der Waals surface area contributed by atoms with E-state index in [1.54, 1.807) is 6.92 Å². The first-order valence-electron chi connectivity index (χ1n) is 6.95. The second-order valence-electron chi connectivity index (χ2n) is 4.93. The van der Waals surface area contributed by atoms with Gasteiger partial charge in [0.05, 0.1) is 13.2 Å². The normalized spacial score (nSPS) is 21.3. The molecule has 1 fully saturated rings. The van der Waals surface area contributed by atoms with E-state index in [1.165, 1.54) is 12.0 Å². The number of ether oxygens (including phenoxy) is 1. The minimum atomic E-state index is -0.713. The summed E-state index contributed by atoms with van der Waals surface area (Å²) in [6.45, 7) is 5.63. The molecule has 22 heavy (non-hydrogen) atoms. The monoisotopic (exact) mass is 318 g/mol. The maximum absolute atomic E-state index is 12.3. The molecule has 116 valence electrons. The van der Waals surface area contributed by atoms with E-state index in [4.69, 9.17) is 17.0 Å². The molecule has 0 aliphatic carbocycles. The highest BCUT2D eigenvalue weighted by molar-refractivity contribution is 7.80. The molecule has 1 N–H and O–H groups in total. The van der Waals surface area contributed by atoms with Crippen LogP contribution in [0.1, 0.15) is 24.9 Å². The van der Waals surface area contributed by atoms with E-state index in [-0.39, 0.29) is 17.4 Å². The van der Waals surface area contributed by atoms with Gasteiger partial charge in [0.2, 0.25) is 5.91 Å². The predicted octanol–water partition coefficient (Wildman–Crippen LogP) is 2.16. The number of methoxy groups -OCH3 is 1. The van der Waals surface area contributed by atoms with Gasteiger partial charge in [0, 0.05) is 12.1 Å². The highest BCUT2D eigenvalue weighted by atomic mass is 32.1. The largest absolute Gasteiger partial charge is 0.468 e. The minimum Gasteiger partial charge on any atom is -0.468 e. The summed E-state index contributed by atoms with van der Waals surface area (Å²) in [4.78, 5) is 26.0. The number of hydrogen-bond acceptors (Lipinski definition) is 4. The van der Waals surface area contributed by atoms with Crippen LogP contribution in [0.5, 0.6) is 0 Å². The Labute approximate surface area is 134 Å². The number of esters is 1. The molecule has 1 aliphatic heterocycles. The molecule has 1 aliphatic rings. The Morgan fingerprint density at radius 2 is 2.00 bits per heavy atom. The van der Waals surface area contributed by atoms with Gasteiger partial charge in [0.1, 0.15) is 5.92 Å². The molecule has 0 bridgehead atoms. The predicted molar refractivity (Wildman–Crippen MR) is 86.7 cm³/mol. The van der Waals surface area contributed by atoms with Crippen molar-refractivity contribution in [3.05, 3.63) is 48.2 Å². The third-order valence-electron chi connectivity index (χ3n) is 3.62. The number of amides is 1. The third-order valence-corrected chi connectivity index (χ3v) is 3.92. The molecule has 0 radical (unpaired) electrons. The first kappa shape index (κ1) is 16.2. The molecule has 6 heteroatoms. The van der Waals surface area contributed by atoms with E-state index < -0.39 is 17.9 Å². The molecule has 5 nitrogen and oxygen atoms in total. The van der Waals surface area contributed by atoms with E-state index in [0.717, 1.165) is 5.56 Å². The Morgan fingerprint density at radius 3 is 2.55 bits per heavy atom. The van der Waals surface area contributed by atoms with E-state index in [9.17, 15) is 9.59 Å². The van der Waals surface area contributed by atoms with Gasteiger partial charge in [-0.05, 0) is 17.8 Å². The SMILES string of the molecule is C=C1NC(=S)N(C(=O)CC)C(c2ccccc2)C1C(=O)OC. The lowest BCUT2D eigenvalue weighted by Gasteiger charge is -2.42. The van der Waals surface area contributed by atoms with E-state index >= 15 is 0 Å². The van der Waals surface area contributed by atoms with Gasteiger partial charge < -0.3 is 10.1 Å². The highest BCUT2D eigenvalue weighted by Gasteiger charge is 2.44. The summed E-state index contributed by atoms with van der Waals surface area (Å²) in [5.74, 6) is -1.33. The second kappa shape index (κ2) is 6.70. The molecule has 2 unspecified atom stereocenters. The molecule has 1 aromatic carbocycles. The molecule has 1 aromatic rings. The van der Waals surface area contributed by atoms with Crippen LogP contribution in [0.2, 0.25) is 0 Å². The van der Waals surface area contributed by atoms with Crippen molar-refractivity contribution in [2.75, 3.05) is 7.11 Å². The number of carbonyl (C=O) groups excluding carboxylic acids is 2. The molecule has 1 saturated heterocycles. The van der Waals surface area contributed by atoms with Gasteiger partial charge in [-0.25, -0.2) is 0 Å². The van der Waals surface area contributed by atoms with Gasteiger partial charge in [-0.15, -0.1) is 0 Å².